The summed E-state index contributed by atoms with van der Waals surface area (Å²) in [6, 6.07) is 6.96. The Labute approximate surface area is 124 Å². The molecule has 0 aliphatic rings. The second-order valence-corrected chi connectivity index (χ2v) is 4.83. The molecule has 104 valence electrons. The van der Waals surface area contributed by atoms with Crippen LogP contribution in [-0.4, -0.2) is 14.9 Å². The summed E-state index contributed by atoms with van der Waals surface area (Å²) >= 11 is 11.6. The number of benzene rings is 1. The second-order valence-electron chi connectivity index (χ2n) is 4.04. The molecule has 1 atom stereocenters. The van der Waals surface area contributed by atoms with Gasteiger partial charge < -0.3 is 5.32 Å². The summed E-state index contributed by atoms with van der Waals surface area (Å²) in [5, 5.41) is 14.3. The highest BCUT2D eigenvalue weighted by Crippen LogP contribution is 2.31. The van der Waals surface area contributed by atoms with Crippen molar-refractivity contribution >= 4 is 34.7 Å². The van der Waals surface area contributed by atoms with Crippen LogP contribution in [0.5, 0.6) is 0 Å². The molecule has 0 fully saturated rings. The molecule has 0 saturated carbocycles. The minimum atomic E-state index is -0.616. The molecule has 0 saturated heterocycles. The average molecular weight is 313 g/mol. The van der Waals surface area contributed by atoms with Gasteiger partial charge in [-0.1, -0.05) is 35.3 Å². The Morgan fingerprint density at radius 3 is 2.75 bits per heavy atom. The third-order valence-electron chi connectivity index (χ3n) is 2.66. The summed E-state index contributed by atoms with van der Waals surface area (Å²) in [7, 11) is 0. The van der Waals surface area contributed by atoms with E-state index in [9.17, 15) is 10.1 Å². The normalized spacial score (nSPS) is 11.9. The van der Waals surface area contributed by atoms with E-state index in [0.29, 0.717) is 5.02 Å². The molecule has 0 spiro atoms. The fourth-order valence-corrected chi connectivity index (χ4v) is 2.09. The topological polar surface area (TPSA) is 81.0 Å². The van der Waals surface area contributed by atoms with Gasteiger partial charge in [0.1, 0.15) is 6.33 Å². The number of hydrogen-bond acceptors (Lipinski definition) is 5. The predicted octanol–water partition coefficient (Wildman–Crippen LogP) is 3.86. The molecule has 0 aliphatic carbocycles. The molecule has 2 aromatic rings. The van der Waals surface area contributed by atoms with Crippen molar-refractivity contribution in [2.24, 2.45) is 0 Å². The molecule has 1 heterocycles. The molecule has 0 aliphatic heterocycles. The minimum absolute atomic E-state index is 0.0717. The Hall–Kier alpha value is -1.92. The van der Waals surface area contributed by atoms with Crippen LogP contribution in [0.3, 0.4) is 0 Å². The van der Waals surface area contributed by atoms with Crippen molar-refractivity contribution in [2.75, 3.05) is 5.32 Å². The van der Waals surface area contributed by atoms with E-state index in [1.165, 1.54) is 6.33 Å². The molecule has 1 aromatic heterocycles. The Bertz CT molecular complexity index is 651. The average Bonchev–Trinajstić information content (AvgIpc) is 2.38. The van der Waals surface area contributed by atoms with Crippen LogP contribution >= 0.6 is 23.2 Å². The molecular weight excluding hydrogens is 303 g/mol. The van der Waals surface area contributed by atoms with E-state index in [4.69, 9.17) is 23.2 Å². The smallest absolute Gasteiger partial charge is 0.348 e. The molecule has 1 aromatic carbocycles. The number of nitrogens with zero attached hydrogens (tertiary/aromatic N) is 3. The quantitative estimate of drug-likeness (QED) is 0.526. The van der Waals surface area contributed by atoms with Crippen molar-refractivity contribution in [3.63, 3.8) is 0 Å². The van der Waals surface area contributed by atoms with Gasteiger partial charge >= 0.3 is 5.69 Å². The van der Waals surface area contributed by atoms with Crippen LogP contribution in [0.25, 0.3) is 0 Å². The first kappa shape index (κ1) is 14.5. The van der Waals surface area contributed by atoms with Crippen molar-refractivity contribution < 1.29 is 4.92 Å². The summed E-state index contributed by atoms with van der Waals surface area (Å²) in [6.45, 7) is 1.84. The van der Waals surface area contributed by atoms with Gasteiger partial charge in [-0.3, -0.25) is 10.1 Å². The lowest BCUT2D eigenvalue weighted by molar-refractivity contribution is -0.384. The molecule has 1 unspecified atom stereocenters. The summed E-state index contributed by atoms with van der Waals surface area (Å²) in [6.07, 6.45) is 1.17. The van der Waals surface area contributed by atoms with Gasteiger partial charge in [0.15, 0.2) is 0 Å². The van der Waals surface area contributed by atoms with E-state index in [0.717, 1.165) is 5.56 Å². The van der Waals surface area contributed by atoms with E-state index in [1.807, 2.05) is 13.0 Å². The van der Waals surface area contributed by atoms with Crippen LogP contribution in [0.15, 0.2) is 30.6 Å². The number of nitro groups is 1. The fourth-order valence-electron chi connectivity index (χ4n) is 1.69. The largest absolute Gasteiger partial charge is 0.358 e. The van der Waals surface area contributed by atoms with Crippen LogP contribution in [0.1, 0.15) is 18.5 Å². The van der Waals surface area contributed by atoms with Crippen molar-refractivity contribution in [2.45, 2.75) is 13.0 Å². The van der Waals surface area contributed by atoms with Crippen LogP contribution in [-0.2, 0) is 0 Å². The molecule has 1 N–H and O–H groups in total. The first-order valence-corrected chi connectivity index (χ1v) is 6.41. The number of hydrogen-bond donors (Lipinski definition) is 1. The van der Waals surface area contributed by atoms with Gasteiger partial charge in [0.2, 0.25) is 11.0 Å². The zero-order chi connectivity index (χ0) is 14.7. The lowest BCUT2D eigenvalue weighted by atomic mass is 10.1. The molecule has 0 amide bonds. The predicted molar refractivity (Wildman–Crippen MR) is 77.2 cm³/mol. The van der Waals surface area contributed by atoms with Crippen molar-refractivity contribution in [3.05, 3.63) is 56.4 Å². The van der Waals surface area contributed by atoms with Crippen LogP contribution in [0.2, 0.25) is 10.2 Å². The SMILES string of the molecule is CC(Nc1ncnc(Cl)c1[N+](=O)[O-])c1cccc(Cl)c1. The Morgan fingerprint density at radius 2 is 2.10 bits per heavy atom. The highest BCUT2D eigenvalue weighted by Gasteiger charge is 2.22. The number of aromatic nitrogens is 2. The Balaban J connectivity index is 2.30. The maximum atomic E-state index is 11.0. The summed E-state index contributed by atoms with van der Waals surface area (Å²) in [5.74, 6) is 0.0717. The molecule has 20 heavy (non-hydrogen) atoms. The fraction of sp³-hybridized carbons (Fsp3) is 0.167. The number of rotatable bonds is 4. The van der Waals surface area contributed by atoms with Crippen LogP contribution in [0, 0.1) is 10.1 Å². The van der Waals surface area contributed by atoms with Gasteiger partial charge in [0.25, 0.3) is 0 Å². The molecule has 0 bridgehead atoms. The lowest BCUT2D eigenvalue weighted by Crippen LogP contribution is -2.10. The van der Waals surface area contributed by atoms with E-state index in [-0.39, 0.29) is 22.7 Å². The third-order valence-corrected chi connectivity index (χ3v) is 3.17. The van der Waals surface area contributed by atoms with Gasteiger partial charge in [0.05, 0.1) is 11.0 Å². The van der Waals surface area contributed by atoms with E-state index in [2.05, 4.69) is 15.3 Å². The van der Waals surface area contributed by atoms with Crippen molar-refractivity contribution in [3.8, 4) is 0 Å². The van der Waals surface area contributed by atoms with Gasteiger partial charge in [-0.15, -0.1) is 0 Å². The zero-order valence-corrected chi connectivity index (χ0v) is 11.9. The van der Waals surface area contributed by atoms with Crippen LogP contribution in [0.4, 0.5) is 11.5 Å². The summed E-state index contributed by atoms with van der Waals surface area (Å²) in [5.41, 5.74) is 0.532. The Kier molecular flexibility index (Phi) is 4.36. The minimum Gasteiger partial charge on any atom is -0.358 e. The highest BCUT2D eigenvalue weighted by atomic mass is 35.5. The first-order valence-electron chi connectivity index (χ1n) is 5.66. The zero-order valence-electron chi connectivity index (χ0n) is 10.4. The van der Waals surface area contributed by atoms with Crippen molar-refractivity contribution in [1.82, 2.24) is 9.97 Å². The van der Waals surface area contributed by atoms with E-state index < -0.39 is 4.92 Å². The molecule has 6 nitrogen and oxygen atoms in total. The maximum absolute atomic E-state index is 11.0. The van der Waals surface area contributed by atoms with Gasteiger partial charge in [0, 0.05) is 5.02 Å². The monoisotopic (exact) mass is 312 g/mol. The number of anilines is 1. The van der Waals surface area contributed by atoms with E-state index >= 15 is 0 Å². The van der Waals surface area contributed by atoms with Gasteiger partial charge in [-0.2, -0.15) is 0 Å². The molecule has 2 rings (SSSR count). The van der Waals surface area contributed by atoms with E-state index in [1.54, 1.807) is 18.2 Å². The standard InChI is InChI=1S/C12H10Cl2N4O2/c1-7(8-3-2-4-9(13)5-8)17-12-10(18(19)20)11(14)15-6-16-12/h2-7H,1H3,(H,15,16,17). The van der Waals surface area contributed by atoms with Crippen LogP contribution < -0.4 is 5.32 Å². The Morgan fingerprint density at radius 1 is 1.35 bits per heavy atom. The number of halogens is 2. The second kappa shape index (κ2) is 6.02. The van der Waals surface area contributed by atoms with Gasteiger partial charge in [-0.05, 0) is 24.6 Å². The molecule has 0 radical (unpaired) electrons. The van der Waals surface area contributed by atoms with Gasteiger partial charge in [-0.25, -0.2) is 9.97 Å². The molecular formula is C12H10Cl2N4O2. The maximum Gasteiger partial charge on any atom is 0.348 e. The summed E-state index contributed by atoms with van der Waals surface area (Å²) in [4.78, 5) is 17.9. The molecule has 8 heteroatoms. The highest BCUT2D eigenvalue weighted by molar-refractivity contribution is 6.31. The lowest BCUT2D eigenvalue weighted by Gasteiger charge is -2.15. The first-order chi connectivity index (χ1) is 9.49. The third kappa shape index (κ3) is 3.15. The number of nitrogens with one attached hydrogen (secondary N) is 1. The summed E-state index contributed by atoms with van der Waals surface area (Å²) < 4.78 is 0. The van der Waals surface area contributed by atoms with Crippen molar-refractivity contribution in [1.29, 1.82) is 0 Å².